The van der Waals surface area contributed by atoms with E-state index in [0.29, 0.717) is 23.7 Å². The predicted molar refractivity (Wildman–Crippen MR) is 108 cm³/mol. The number of amides is 1. The van der Waals surface area contributed by atoms with Gasteiger partial charge in [0.2, 0.25) is 0 Å². The number of nitrogens with one attached hydrogen (secondary N) is 1. The van der Waals surface area contributed by atoms with E-state index in [0.717, 1.165) is 17.0 Å². The van der Waals surface area contributed by atoms with Gasteiger partial charge in [0.1, 0.15) is 18.1 Å². The van der Waals surface area contributed by atoms with Crippen molar-refractivity contribution in [2.75, 3.05) is 6.61 Å². The molecule has 0 fully saturated rings. The van der Waals surface area contributed by atoms with Crippen molar-refractivity contribution >= 4 is 18.1 Å². The highest BCUT2D eigenvalue weighted by Crippen LogP contribution is 2.22. The monoisotopic (exact) mass is 394 g/mol. The second kappa shape index (κ2) is 9.01. The quantitative estimate of drug-likeness (QED) is 0.377. The van der Waals surface area contributed by atoms with Crippen molar-refractivity contribution in [3.05, 3.63) is 65.2 Å². The van der Waals surface area contributed by atoms with E-state index in [4.69, 9.17) is 9.15 Å². The van der Waals surface area contributed by atoms with Gasteiger partial charge in [-0.3, -0.25) is 9.48 Å². The van der Waals surface area contributed by atoms with Crippen molar-refractivity contribution in [1.82, 2.24) is 15.2 Å². The van der Waals surface area contributed by atoms with Crippen LogP contribution in [-0.2, 0) is 16.1 Å². The van der Waals surface area contributed by atoms with E-state index in [-0.39, 0.29) is 18.4 Å². The summed E-state index contributed by atoms with van der Waals surface area (Å²) >= 11 is 0. The average molecular weight is 394 g/mol. The molecule has 3 aromatic rings. The topological polar surface area (TPSA) is 98.7 Å². The number of aromatic nitrogens is 2. The van der Waals surface area contributed by atoms with Crippen LogP contribution in [0.2, 0.25) is 0 Å². The smallest absolute Gasteiger partial charge is 0.338 e. The Labute approximate surface area is 168 Å². The number of rotatable bonds is 7. The van der Waals surface area contributed by atoms with Gasteiger partial charge >= 0.3 is 5.97 Å². The molecule has 0 spiro atoms. The van der Waals surface area contributed by atoms with Gasteiger partial charge in [-0.25, -0.2) is 10.2 Å². The molecule has 1 aromatic carbocycles. The van der Waals surface area contributed by atoms with Gasteiger partial charge in [-0.15, -0.1) is 0 Å². The zero-order chi connectivity index (χ0) is 20.8. The lowest BCUT2D eigenvalue weighted by Gasteiger charge is -2.02. The molecule has 2 heterocycles. The summed E-state index contributed by atoms with van der Waals surface area (Å²) in [6.07, 6.45) is 1.43. The minimum Gasteiger partial charge on any atom is -0.462 e. The van der Waals surface area contributed by atoms with Crippen LogP contribution in [-0.4, -0.2) is 34.5 Å². The number of benzene rings is 1. The van der Waals surface area contributed by atoms with Crippen molar-refractivity contribution in [2.45, 2.75) is 27.3 Å². The van der Waals surface area contributed by atoms with Crippen LogP contribution in [0.5, 0.6) is 0 Å². The fourth-order valence-corrected chi connectivity index (χ4v) is 2.74. The number of esters is 1. The van der Waals surface area contributed by atoms with Gasteiger partial charge in [-0.2, -0.15) is 10.2 Å². The van der Waals surface area contributed by atoms with Crippen LogP contribution in [0, 0.1) is 13.8 Å². The van der Waals surface area contributed by atoms with Crippen molar-refractivity contribution in [1.29, 1.82) is 0 Å². The fraction of sp³-hybridized carbons (Fsp3) is 0.238. The molecule has 0 aliphatic heterocycles. The van der Waals surface area contributed by atoms with Crippen LogP contribution in [0.25, 0.3) is 11.3 Å². The molecule has 150 valence electrons. The van der Waals surface area contributed by atoms with Gasteiger partial charge in [0.05, 0.1) is 24.1 Å². The molecule has 29 heavy (non-hydrogen) atoms. The first-order valence-electron chi connectivity index (χ1n) is 9.16. The standard InChI is InChI=1S/C21H22N4O4/c1-4-28-21(27)17-7-5-16(6-8-17)19-10-9-18(29-19)12-22-23-20(26)13-25-15(3)11-14(2)24-25/h5-12H,4,13H2,1-3H3,(H,23,26)/b22-12-. The number of aryl methyl sites for hydroxylation is 2. The van der Waals surface area contributed by atoms with Crippen molar-refractivity contribution in [2.24, 2.45) is 5.10 Å². The molecule has 0 aliphatic rings. The van der Waals surface area contributed by atoms with Gasteiger partial charge in [0.25, 0.3) is 5.91 Å². The molecule has 3 rings (SSSR count). The highest BCUT2D eigenvalue weighted by Gasteiger charge is 2.09. The molecular formula is C21H22N4O4. The summed E-state index contributed by atoms with van der Waals surface area (Å²) in [7, 11) is 0. The van der Waals surface area contributed by atoms with Gasteiger partial charge in [0.15, 0.2) is 0 Å². The Morgan fingerprint density at radius 3 is 2.62 bits per heavy atom. The average Bonchev–Trinajstić information content (AvgIpc) is 3.28. The minimum absolute atomic E-state index is 0.0905. The Hall–Kier alpha value is -3.68. The number of hydrogen-bond acceptors (Lipinski definition) is 6. The third kappa shape index (κ3) is 5.19. The Balaban J connectivity index is 1.57. The number of furan rings is 1. The van der Waals surface area contributed by atoms with E-state index in [1.807, 2.05) is 19.9 Å². The predicted octanol–water partition coefficient (Wildman–Crippen LogP) is 3.09. The summed E-state index contributed by atoms with van der Waals surface area (Å²) in [5.74, 6) is 0.466. The highest BCUT2D eigenvalue weighted by molar-refractivity contribution is 5.90. The first kappa shape index (κ1) is 20.1. The molecule has 1 N–H and O–H groups in total. The molecule has 0 aliphatic carbocycles. The number of carbonyl (C=O) groups excluding carboxylic acids is 2. The van der Waals surface area contributed by atoms with Gasteiger partial charge < -0.3 is 9.15 Å². The summed E-state index contributed by atoms with van der Waals surface area (Å²) in [5.41, 5.74) is 5.51. The first-order valence-corrected chi connectivity index (χ1v) is 9.16. The lowest BCUT2D eigenvalue weighted by molar-refractivity contribution is -0.121. The summed E-state index contributed by atoms with van der Waals surface area (Å²) in [6.45, 7) is 5.95. The molecule has 1 amide bonds. The lowest BCUT2D eigenvalue weighted by Crippen LogP contribution is -2.24. The summed E-state index contributed by atoms with van der Waals surface area (Å²) in [4.78, 5) is 23.7. The number of ether oxygens (including phenoxy) is 1. The maximum atomic E-state index is 12.0. The van der Waals surface area contributed by atoms with E-state index < -0.39 is 0 Å². The van der Waals surface area contributed by atoms with Crippen molar-refractivity contribution < 1.29 is 18.7 Å². The molecule has 0 atom stereocenters. The summed E-state index contributed by atoms with van der Waals surface area (Å²) in [5, 5.41) is 8.16. The molecule has 8 heteroatoms. The molecule has 2 aromatic heterocycles. The van der Waals surface area contributed by atoms with Gasteiger partial charge in [0, 0.05) is 11.3 Å². The van der Waals surface area contributed by atoms with E-state index in [2.05, 4.69) is 15.6 Å². The van der Waals surface area contributed by atoms with Crippen LogP contribution in [0.3, 0.4) is 0 Å². The number of hydrogen-bond donors (Lipinski definition) is 1. The summed E-state index contributed by atoms with van der Waals surface area (Å²) < 4.78 is 12.3. The largest absolute Gasteiger partial charge is 0.462 e. The van der Waals surface area contributed by atoms with Crippen LogP contribution in [0.15, 0.2) is 52.0 Å². The SMILES string of the molecule is CCOC(=O)c1ccc(-c2ccc(/C=N\NC(=O)Cn3nc(C)cc3C)o2)cc1. The zero-order valence-electron chi connectivity index (χ0n) is 16.5. The Morgan fingerprint density at radius 2 is 1.97 bits per heavy atom. The van der Waals surface area contributed by atoms with Crippen LogP contribution in [0.4, 0.5) is 0 Å². The number of hydrazone groups is 1. The number of carbonyl (C=O) groups is 2. The molecular weight excluding hydrogens is 372 g/mol. The Kier molecular flexibility index (Phi) is 6.23. The zero-order valence-corrected chi connectivity index (χ0v) is 16.5. The Morgan fingerprint density at radius 1 is 1.21 bits per heavy atom. The minimum atomic E-state index is -0.359. The maximum absolute atomic E-state index is 12.0. The third-order valence-corrected chi connectivity index (χ3v) is 4.09. The van der Waals surface area contributed by atoms with Crippen LogP contribution < -0.4 is 5.43 Å². The van der Waals surface area contributed by atoms with Crippen LogP contribution in [0.1, 0.15) is 34.4 Å². The third-order valence-electron chi connectivity index (χ3n) is 4.09. The number of nitrogens with zero attached hydrogens (tertiary/aromatic N) is 3. The second-order valence-corrected chi connectivity index (χ2v) is 6.38. The molecule has 0 radical (unpaired) electrons. The van der Waals surface area contributed by atoms with Crippen molar-refractivity contribution in [3.63, 3.8) is 0 Å². The second-order valence-electron chi connectivity index (χ2n) is 6.38. The highest BCUT2D eigenvalue weighted by atomic mass is 16.5. The van der Waals surface area contributed by atoms with Gasteiger partial charge in [-0.05, 0) is 51.1 Å². The van der Waals surface area contributed by atoms with E-state index in [1.54, 1.807) is 48.0 Å². The Bertz CT molecular complexity index is 1030. The molecule has 0 unspecified atom stereocenters. The van der Waals surface area contributed by atoms with E-state index in [9.17, 15) is 9.59 Å². The van der Waals surface area contributed by atoms with E-state index >= 15 is 0 Å². The molecule has 0 saturated heterocycles. The summed E-state index contributed by atoms with van der Waals surface area (Å²) in [6, 6.07) is 12.4. The maximum Gasteiger partial charge on any atom is 0.338 e. The normalized spacial score (nSPS) is 11.0. The molecule has 8 nitrogen and oxygen atoms in total. The van der Waals surface area contributed by atoms with Crippen LogP contribution >= 0.6 is 0 Å². The first-order chi connectivity index (χ1) is 14.0. The fourth-order valence-electron chi connectivity index (χ4n) is 2.74. The lowest BCUT2D eigenvalue weighted by atomic mass is 10.1. The molecule has 0 bridgehead atoms. The van der Waals surface area contributed by atoms with E-state index in [1.165, 1.54) is 6.21 Å². The molecule has 0 saturated carbocycles. The van der Waals surface area contributed by atoms with Crippen molar-refractivity contribution in [3.8, 4) is 11.3 Å². The van der Waals surface area contributed by atoms with Gasteiger partial charge in [-0.1, -0.05) is 12.1 Å².